The van der Waals surface area contributed by atoms with Gasteiger partial charge in [-0.05, 0) is 104 Å². The van der Waals surface area contributed by atoms with Crippen molar-refractivity contribution in [2.75, 3.05) is 14.2 Å². The summed E-state index contributed by atoms with van der Waals surface area (Å²) in [6.07, 6.45) is 11.1. The van der Waals surface area contributed by atoms with E-state index in [1.54, 1.807) is 21.1 Å². The van der Waals surface area contributed by atoms with Crippen molar-refractivity contribution in [3.8, 4) is 11.5 Å². The number of allylic oxidation sites excluding steroid dienone is 3. The molecular formula is C36H51NO6. The van der Waals surface area contributed by atoms with Gasteiger partial charge in [0.25, 0.3) is 5.91 Å². The zero-order valence-corrected chi connectivity index (χ0v) is 26.6. The molecule has 43 heavy (non-hydrogen) atoms. The number of hydrogen-bond donors (Lipinski definition) is 3. The zero-order valence-electron chi connectivity index (χ0n) is 26.6. The van der Waals surface area contributed by atoms with Gasteiger partial charge in [0.1, 0.15) is 17.1 Å². The second kappa shape index (κ2) is 12.4. The van der Waals surface area contributed by atoms with Crippen molar-refractivity contribution in [3.05, 3.63) is 59.2 Å². The Morgan fingerprint density at radius 3 is 2.49 bits per heavy atom. The summed E-state index contributed by atoms with van der Waals surface area (Å²) < 4.78 is 10.9. The maximum atomic E-state index is 13.4. The molecule has 3 saturated carbocycles. The van der Waals surface area contributed by atoms with E-state index in [4.69, 9.17) is 9.47 Å². The summed E-state index contributed by atoms with van der Waals surface area (Å²) in [6.45, 7) is 11.0. The third kappa shape index (κ3) is 6.31. The third-order valence-electron chi connectivity index (χ3n) is 11.2. The number of nitrogens with zero attached hydrogens (tertiary/aromatic N) is 1. The molecule has 1 aromatic rings. The first-order chi connectivity index (χ1) is 20.4. The minimum atomic E-state index is -1.37. The Morgan fingerprint density at radius 1 is 1.12 bits per heavy atom. The summed E-state index contributed by atoms with van der Waals surface area (Å²) in [5.74, 6) is 2.58. The number of methoxy groups -OCH3 is 2. The van der Waals surface area contributed by atoms with Crippen LogP contribution in [0.5, 0.6) is 11.5 Å². The number of likely N-dealkylation sites (tertiary alicyclic amines) is 1. The lowest BCUT2D eigenvalue weighted by atomic mass is 9.60. The summed E-state index contributed by atoms with van der Waals surface area (Å²) in [5.41, 5.74) is 2.91. The molecule has 236 valence electrons. The Labute approximate surface area is 257 Å². The highest BCUT2D eigenvalue weighted by molar-refractivity contribution is 5.87. The van der Waals surface area contributed by atoms with Crippen LogP contribution in [0.2, 0.25) is 0 Å². The van der Waals surface area contributed by atoms with Crippen molar-refractivity contribution in [2.45, 2.75) is 109 Å². The predicted molar refractivity (Wildman–Crippen MR) is 168 cm³/mol. The van der Waals surface area contributed by atoms with Crippen molar-refractivity contribution >= 4 is 5.91 Å². The van der Waals surface area contributed by atoms with E-state index in [9.17, 15) is 20.1 Å². The number of ether oxygens (including phenoxy) is 2. The summed E-state index contributed by atoms with van der Waals surface area (Å²) in [6, 6.07) is 5.64. The first-order valence-electron chi connectivity index (χ1n) is 16.1. The minimum absolute atomic E-state index is 0.0455. The summed E-state index contributed by atoms with van der Waals surface area (Å²) in [4.78, 5) is 15.3. The van der Waals surface area contributed by atoms with E-state index in [-0.39, 0.29) is 17.4 Å². The molecule has 7 heteroatoms. The highest BCUT2D eigenvalue weighted by Gasteiger charge is 2.53. The number of rotatable bonds is 8. The van der Waals surface area contributed by atoms with Crippen molar-refractivity contribution in [3.63, 3.8) is 0 Å². The standard InChI is InChI=1S/C36H51NO6/c1-22(14-27-20-36(4,41)34(40)37(27)21-24-15-29(42-5)19-30(16-24)43-6)31-11-12-32-25(8-7-13-35(31,32)3)9-10-26-17-28(38)18-33(39)23(26)2/h9-10,15-16,19,22,27-28,31-33,38-39,41H,2,7-8,11-14,17-18,20-21H2,1,3-6H3/b25-9+,26-10-/t22-,27-,28-,31-,32+,33+,35-,36+/m1/s1. The first-order valence-corrected chi connectivity index (χ1v) is 16.1. The Morgan fingerprint density at radius 2 is 1.81 bits per heavy atom. The van der Waals surface area contributed by atoms with Gasteiger partial charge in [-0.15, -0.1) is 0 Å². The molecule has 4 fully saturated rings. The predicted octanol–water partition coefficient (Wildman–Crippen LogP) is 5.72. The van der Waals surface area contributed by atoms with E-state index in [0.29, 0.717) is 55.1 Å². The van der Waals surface area contributed by atoms with Crippen LogP contribution in [0, 0.1) is 23.2 Å². The molecule has 7 nitrogen and oxygen atoms in total. The summed E-state index contributed by atoms with van der Waals surface area (Å²) >= 11 is 0. The quantitative estimate of drug-likeness (QED) is 0.357. The maximum Gasteiger partial charge on any atom is 0.254 e. The summed E-state index contributed by atoms with van der Waals surface area (Å²) in [7, 11) is 3.24. The zero-order chi connectivity index (χ0) is 31.1. The van der Waals surface area contributed by atoms with Crippen LogP contribution in [0.25, 0.3) is 0 Å². The van der Waals surface area contributed by atoms with Crippen molar-refractivity contribution in [1.82, 2.24) is 4.90 Å². The average Bonchev–Trinajstić information content (AvgIpc) is 3.42. The van der Waals surface area contributed by atoms with Crippen LogP contribution >= 0.6 is 0 Å². The lowest BCUT2D eigenvalue weighted by Crippen LogP contribution is -2.40. The van der Waals surface area contributed by atoms with Crippen molar-refractivity contribution in [2.24, 2.45) is 23.2 Å². The van der Waals surface area contributed by atoms with Gasteiger partial charge in [0, 0.05) is 31.5 Å². The number of benzene rings is 1. The number of carbonyl (C=O) groups excluding carboxylic acids is 1. The Bertz CT molecular complexity index is 1260. The van der Waals surface area contributed by atoms with Crippen LogP contribution < -0.4 is 9.47 Å². The number of aliphatic hydroxyl groups excluding tert-OH is 2. The minimum Gasteiger partial charge on any atom is -0.497 e. The largest absolute Gasteiger partial charge is 0.497 e. The van der Waals surface area contributed by atoms with E-state index < -0.39 is 17.8 Å². The molecule has 0 bridgehead atoms. The Hall–Kier alpha value is -2.61. The molecule has 0 aromatic heterocycles. The second-order valence-corrected chi connectivity index (χ2v) is 14.2. The van der Waals surface area contributed by atoms with Gasteiger partial charge < -0.3 is 29.7 Å². The molecule has 0 unspecified atom stereocenters. The maximum absolute atomic E-state index is 13.4. The van der Waals surface area contributed by atoms with Crippen LogP contribution in [0.15, 0.2) is 53.6 Å². The molecule has 8 atom stereocenters. The van der Waals surface area contributed by atoms with Crippen LogP contribution in [-0.4, -0.2) is 64.2 Å². The molecule has 3 N–H and O–H groups in total. The average molecular weight is 594 g/mol. The van der Waals surface area contributed by atoms with Crippen LogP contribution in [0.3, 0.4) is 0 Å². The van der Waals surface area contributed by atoms with Crippen LogP contribution in [0.4, 0.5) is 0 Å². The molecule has 4 aliphatic rings. The van der Waals surface area contributed by atoms with Gasteiger partial charge in [0.2, 0.25) is 0 Å². The number of fused-ring (bicyclic) bond motifs is 1. The highest BCUT2D eigenvalue weighted by Crippen LogP contribution is 2.60. The van der Waals surface area contributed by atoms with E-state index in [1.165, 1.54) is 12.0 Å². The molecule has 5 rings (SSSR count). The number of amides is 1. The number of carbonyl (C=O) groups is 1. The molecule has 1 aromatic carbocycles. The smallest absolute Gasteiger partial charge is 0.254 e. The molecule has 0 spiro atoms. The third-order valence-corrected chi connectivity index (χ3v) is 11.2. The first kappa shape index (κ1) is 31.8. The molecule has 1 aliphatic heterocycles. The van der Waals surface area contributed by atoms with Gasteiger partial charge in [0.15, 0.2) is 0 Å². The van der Waals surface area contributed by atoms with E-state index in [0.717, 1.165) is 48.8 Å². The fourth-order valence-corrected chi connectivity index (χ4v) is 8.97. The van der Waals surface area contributed by atoms with Crippen molar-refractivity contribution < 1.29 is 29.6 Å². The van der Waals surface area contributed by atoms with Crippen LogP contribution in [0.1, 0.15) is 84.1 Å². The topological polar surface area (TPSA) is 99.5 Å². The van der Waals surface area contributed by atoms with E-state index in [1.807, 2.05) is 23.1 Å². The molecule has 1 heterocycles. The number of aliphatic hydroxyl groups is 3. The van der Waals surface area contributed by atoms with Gasteiger partial charge >= 0.3 is 0 Å². The second-order valence-electron chi connectivity index (χ2n) is 14.2. The van der Waals surface area contributed by atoms with Gasteiger partial charge in [-0.2, -0.15) is 0 Å². The Balaban J connectivity index is 1.32. The molecular weight excluding hydrogens is 542 g/mol. The van der Waals surface area contributed by atoms with Gasteiger partial charge in [-0.25, -0.2) is 0 Å². The van der Waals surface area contributed by atoms with Gasteiger partial charge in [0.05, 0.1) is 26.4 Å². The van der Waals surface area contributed by atoms with E-state index >= 15 is 0 Å². The normalized spacial score (nSPS) is 37.2. The molecule has 1 saturated heterocycles. The lowest BCUT2D eigenvalue weighted by Gasteiger charge is -2.45. The summed E-state index contributed by atoms with van der Waals surface area (Å²) in [5, 5.41) is 31.5. The van der Waals surface area contributed by atoms with Crippen LogP contribution in [-0.2, 0) is 11.3 Å². The molecule has 1 amide bonds. The molecule has 3 aliphatic carbocycles. The Kier molecular flexibility index (Phi) is 9.18. The van der Waals surface area contributed by atoms with Gasteiger partial charge in [-0.3, -0.25) is 4.79 Å². The van der Waals surface area contributed by atoms with E-state index in [2.05, 4.69) is 32.6 Å². The highest BCUT2D eigenvalue weighted by atomic mass is 16.5. The SMILES string of the molecule is C=C1/C(=C\C=C2/CCC[C@]3(C)[C@@H]([C@H](C)C[C@@H]4C[C@](C)(O)C(=O)N4Cc4cc(OC)cc(OC)c4)CC[C@@H]23)C[C@@H](O)C[C@@H]1O. The number of hydrogen-bond acceptors (Lipinski definition) is 6. The fraction of sp³-hybridized carbons (Fsp3) is 0.639. The molecule has 0 radical (unpaired) electrons. The van der Waals surface area contributed by atoms with Gasteiger partial charge in [-0.1, -0.05) is 38.2 Å². The monoisotopic (exact) mass is 593 g/mol. The van der Waals surface area contributed by atoms with Crippen molar-refractivity contribution in [1.29, 1.82) is 0 Å². The lowest BCUT2D eigenvalue weighted by molar-refractivity contribution is -0.142. The fourth-order valence-electron chi connectivity index (χ4n) is 8.97.